The fraction of sp³-hybridized carbons (Fsp3) is 0.611. The molecular weight excluding hydrogens is 318 g/mol. The molecule has 138 valence electrons. The lowest BCUT2D eigenvalue weighted by atomic mass is 10.1. The zero-order valence-electron chi connectivity index (χ0n) is 15.4. The van der Waals surface area contributed by atoms with Crippen molar-refractivity contribution in [2.75, 3.05) is 65.3 Å². The van der Waals surface area contributed by atoms with Crippen molar-refractivity contribution in [3.8, 4) is 11.5 Å². The van der Waals surface area contributed by atoms with Gasteiger partial charge in [0.1, 0.15) is 0 Å². The number of fused-ring (bicyclic) bond motifs is 3. The summed E-state index contributed by atoms with van der Waals surface area (Å²) < 4.78 is 11.0. The Morgan fingerprint density at radius 3 is 2.64 bits per heavy atom. The first-order chi connectivity index (χ1) is 12.2. The van der Waals surface area contributed by atoms with E-state index in [1.807, 2.05) is 25.1 Å². The van der Waals surface area contributed by atoms with E-state index in [-0.39, 0.29) is 0 Å². The summed E-state index contributed by atoms with van der Waals surface area (Å²) in [5.41, 5.74) is 0.919. The molecule has 3 aliphatic heterocycles. The molecule has 0 radical (unpaired) electrons. The highest BCUT2D eigenvalue weighted by Crippen LogP contribution is 2.30. The predicted octanol–water partition coefficient (Wildman–Crippen LogP) is 1.08. The largest absolute Gasteiger partial charge is 0.493 e. The van der Waals surface area contributed by atoms with Crippen molar-refractivity contribution >= 4 is 11.6 Å². The van der Waals surface area contributed by atoms with Crippen LogP contribution in [0, 0.1) is 0 Å². The van der Waals surface area contributed by atoms with Gasteiger partial charge >= 0.3 is 0 Å². The normalized spacial score (nSPS) is 25.6. The molecule has 7 nitrogen and oxygen atoms in total. The number of aliphatic imine (C=N–C) groups is 1. The first kappa shape index (κ1) is 17.8. The van der Waals surface area contributed by atoms with E-state index < -0.39 is 0 Å². The SMILES string of the molecule is CCOc1ccc(NC(=NC)NCC2CN3CCN2CC3)cc1OC. The number of hydrogen-bond donors (Lipinski definition) is 2. The number of methoxy groups -OCH3 is 1. The van der Waals surface area contributed by atoms with E-state index in [1.165, 1.54) is 26.2 Å². The van der Waals surface area contributed by atoms with Gasteiger partial charge in [-0.25, -0.2) is 0 Å². The number of rotatable bonds is 6. The number of benzene rings is 1. The quantitative estimate of drug-likeness (QED) is 0.593. The van der Waals surface area contributed by atoms with E-state index in [0.29, 0.717) is 18.4 Å². The Morgan fingerprint density at radius 1 is 1.24 bits per heavy atom. The van der Waals surface area contributed by atoms with Crippen LogP contribution in [-0.4, -0.2) is 81.8 Å². The summed E-state index contributed by atoms with van der Waals surface area (Å²) in [6.45, 7) is 9.36. The summed E-state index contributed by atoms with van der Waals surface area (Å²) in [5, 5.41) is 6.78. The lowest BCUT2D eigenvalue weighted by molar-refractivity contribution is 0.0155. The third kappa shape index (κ3) is 4.35. The molecule has 2 bridgehead atoms. The van der Waals surface area contributed by atoms with Crippen LogP contribution in [-0.2, 0) is 0 Å². The third-order valence-electron chi connectivity index (χ3n) is 4.85. The lowest BCUT2D eigenvalue weighted by Crippen LogP contribution is -2.63. The zero-order chi connectivity index (χ0) is 17.6. The van der Waals surface area contributed by atoms with Crippen molar-refractivity contribution in [3.05, 3.63) is 18.2 Å². The second kappa shape index (κ2) is 8.40. The van der Waals surface area contributed by atoms with Crippen LogP contribution in [0.25, 0.3) is 0 Å². The molecule has 0 saturated carbocycles. The number of ether oxygens (including phenoxy) is 2. The van der Waals surface area contributed by atoms with Gasteiger partial charge in [-0.1, -0.05) is 0 Å². The maximum Gasteiger partial charge on any atom is 0.195 e. The van der Waals surface area contributed by atoms with Gasteiger partial charge in [0.25, 0.3) is 0 Å². The van der Waals surface area contributed by atoms with Crippen molar-refractivity contribution in [2.45, 2.75) is 13.0 Å². The van der Waals surface area contributed by atoms with Crippen molar-refractivity contribution < 1.29 is 9.47 Å². The van der Waals surface area contributed by atoms with E-state index in [1.54, 1.807) is 14.2 Å². The first-order valence-corrected chi connectivity index (χ1v) is 8.98. The summed E-state index contributed by atoms with van der Waals surface area (Å²) in [7, 11) is 3.44. The van der Waals surface area contributed by atoms with Gasteiger partial charge in [0.15, 0.2) is 17.5 Å². The summed E-state index contributed by atoms with van der Waals surface area (Å²) >= 11 is 0. The average Bonchev–Trinajstić information content (AvgIpc) is 2.67. The van der Waals surface area contributed by atoms with Crippen LogP contribution in [0.2, 0.25) is 0 Å². The van der Waals surface area contributed by atoms with Crippen molar-refractivity contribution in [1.82, 2.24) is 15.1 Å². The van der Waals surface area contributed by atoms with Crippen molar-refractivity contribution in [3.63, 3.8) is 0 Å². The molecule has 0 amide bonds. The van der Waals surface area contributed by atoms with E-state index in [2.05, 4.69) is 25.4 Å². The van der Waals surface area contributed by atoms with Gasteiger partial charge in [0, 0.05) is 64.1 Å². The highest BCUT2D eigenvalue weighted by Gasteiger charge is 2.31. The van der Waals surface area contributed by atoms with Gasteiger partial charge < -0.3 is 20.1 Å². The molecule has 3 fully saturated rings. The molecule has 1 aromatic rings. The van der Waals surface area contributed by atoms with Gasteiger partial charge in [0.2, 0.25) is 0 Å². The number of nitrogens with one attached hydrogen (secondary N) is 2. The Kier molecular flexibility index (Phi) is 5.99. The topological polar surface area (TPSA) is 61.4 Å². The van der Waals surface area contributed by atoms with Crippen molar-refractivity contribution in [1.29, 1.82) is 0 Å². The molecule has 2 N–H and O–H groups in total. The lowest BCUT2D eigenvalue weighted by Gasteiger charge is -2.47. The molecule has 3 heterocycles. The fourth-order valence-electron chi connectivity index (χ4n) is 3.47. The fourth-order valence-corrected chi connectivity index (χ4v) is 3.47. The van der Waals surface area contributed by atoms with Crippen LogP contribution >= 0.6 is 0 Å². The van der Waals surface area contributed by atoms with Crippen LogP contribution in [0.15, 0.2) is 23.2 Å². The molecule has 4 rings (SSSR count). The number of guanidine groups is 1. The minimum absolute atomic E-state index is 0.552. The molecule has 1 aromatic carbocycles. The number of nitrogens with zero attached hydrogens (tertiary/aromatic N) is 3. The molecular formula is C18H29N5O2. The Morgan fingerprint density at radius 2 is 2.04 bits per heavy atom. The highest BCUT2D eigenvalue weighted by molar-refractivity contribution is 5.93. The molecule has 7 heteroatoms. The molecule has 0 aliphatic carbocycles. The predicted molar refractivity (Wildman–Crippen MR) is 101 cm³/mol. The average molecular weight is 347 g/mol. The minimum atomic E-state index is 0.552. The van der Waals surface area contributed by atoms with E-state index in [0.717, 1.165) is 30.5 Å². The van der Waals surface area contributed by atoms with E-state index in [4.69, 9.17) is 9.47 Å². The summed E-state index contributed by atoms with van der Waals surface area (Å²) in [5.74, 6) is 2.23. The van der Waals surface area contributed by atoms with Gasteiger partial charge in [-0.05, 0) is 19.1 Å². The third-order valence-corrected chi connectivity index (χ3v) is 4.85. The highest BCUT2D eigenvalue weighted by atomic mass is 16.5. The summed E-state index contributed by atoms with van der Waals surface area (Å²) in [6.07, 6.45) is 0. The van der Waals surface area contributed by atoms with Gasteiger partial charge in [-0.15, -0.1) is 0 Å². The Hall–Kier alpha value is -1.99. The molecule has 1 unspecified atom stereocenters. The standard InChI is InChI=1S/C18H29N5O2/c1-4-25-16-6-5-14(11-17(16)24-3)21-18(19-2)20-12-15-13-22-7-9-23(15)10-8-22/h5-6,11,15H,4,7-10,12-13H2,1-3H3,(H2,19,20,21). The zero-order valence-corrected chi connectivity index (χ0v) is 15.4. The Bertz CT molecular complexity index is 599. The summed E-state index contributed by atoms with van der Waals surface area (Å²) in [6, 6.07) is 6.36. The van der Waals surface area contributed by atoms with Gasteiger partial charge in [-0.3, -0.25) is 14.8 Å². The number of hydrogen-bond acceptors (Lipinski definition) is 5. The maximum atomic E-state index is 5.56. The number of anilines is 1. The van der Waals surface area contributed by atoms with E-state index >= 15 is 0 Å². The van der Waals surface area contributed by atoms with E-state index in [9.17, 15) is 0 Å². The molecule has 3 saturated heterocycles. The minimum Gasteiger partial charge on any atom is -0.493 e. The van der Waals surface area contributed by atoms with Gasteiger partial charge in [0.05, 0.1) is 13.7 Å². The molecule has 0 aromatic heterocycles. The van der Waals surface area contributed by atoms with Crippen LogP contribution in [0.4, 0.5) is 5.69 Å². The second-order valence-corrected chi connectivity index (χ2v) is 6.37. The molecule has 1 atom stereocenters. The summed E-state index contributed by atoms with van der Waals surface area (Å²) in [4.78, 5) is 9.45. The first-order valence-electron chi connectivity index (χ1n) is 8.98. The molecule has 0 spiro atoms. The monoisotopic (exact) mass is 347 g/mol. The smallest absolute Gasteiger partial charge is 0.195 e. The maximum absolute atomic E-state index is 5.56. The Balaban J connectivity index is 1.57. The van der Waals surface area contributed by atoms with Crippen LogP contribution in [0.1, 0.15) is 6.92 Å². The van der Waals surface area contributed by atoms with Crippen LogP contribution in [0.5, 0.6) is 11.5 Å². The van der Waals surface area contributed by atoms with Gasteiger partial charge in [-0.2, -0.15) is 0 Å². The van der Waals surface area contributed by atoms with Crippen LogP contribution in [0.3, 0.4) is 0 Å². The van der Waals surface area contributed by atoms with Crippen molar-refractivity contribution in [2.24, 2.45) is 4.99 Å². The molecule has 3 aliphatic rings. The Labute approximate surface area is 150 Å². The second-order valence-electron chi connectivity index (χ2n) is 6.37. The number of piperazine rings is 3. The molecule has 25 heavy (non-hydrogen) atoms. The van der Waals surface area contributed by atoms with Crippen LogP contribution < -0.4 is 20.1 Å².